The van der Waals surface area contributed by atoms with Gasteiger partial charge in [-0.1, -0.05) is 17.7 Å². The number of urea groups is 1. The molecule has 2 amide bonds. The van der Waals surface area contributed by atoms with Crippen LogP contribution < -0.4 is 10.6 Å². The van der Waals surface area contributed by atoms with E-state index in [1.165, 1.54) is 18.3 Å². The highest BCUT2D eigenvalue weighted by molar-refractivity contribution is 7.14. The minimum atomic E-state index is -0.381. The zero-order chi connectivity index (χ0) is 13.8. The lowest BCUT2D eigenvalue weighted by Crippen LogP contribution is -2.19. The molecule has 0 atom stereocenters. The summed E-state index contributed by atoms with van der Waals surface area (Å²) in [5.41, 5.74) is 2.18. The number of aryl methyl sites for hydroxylation is 1. The van der Waals surface area contributed by atoms with Crippen molar-refractivity contribution < 1.29 is 9.59 Å². The van der Waals surface area contributed by atoms with E-state index in [9.17, 15) is 9.59 Å². The predicted molar refractivity (Wildman–Crippen MR) is 75.9 cm³/mol. The van der Waals surface area contributed by atoms with E-state index in [4.69, 9.17) is 0 Å². The lowest BCUT2D eigenvalue weighted by atomic mass is 10.2. The Kier molecular flexibility index (Phi) is 3.91. The molecule has 0 fully saturated rings. The summed E-state index contributed by atoms with van der Waals surface area (Å²) in [5, 5.41) is 7.29. The second-order valence-corrected chi connectivity index (χ2v) is 4.90. The maximum Gasteiger partial charge on any atom is 0.325 e. The highest BCUT2D eigenvalue weighted by Gasteiger charge is 2.08. The molecule has 6 heteroatoms. The summed E-state index contributed by atoms with van der Waals surface area (Å²) in [7, 11) is 0. The Bertz CT molecular complexity index is 605. The van der Waals surface area contributed by atoms with Crippen molar-refractivity contribution in [2.24, 2.45) is 0 Å². The first-order chi connectivity index (χ1) is 9.04. The van der Waals surface area contributed by atoms with Gasteiger partial charge in [-0.2, -0.15) is 0 Å². The first kappa shape index (κ1) is 13.2. The van der Waals surface area contributed by atoms with E-state index in [-0.39, 0.29) is 11.8 Å². The zero-order valence-electron chi connectivity index (χ0n) is 10.6. The summed E-state index contributed by atoms with van der Waals surface area (Å²) >= 11 is 1.22. The van der Waals surface area contributed by atoms with Gasteiger partial charge in [0, 0.05) is 18.0 Å². The number of thiazole rings is 1. The number of ketones is 1. The van der Waals surface area contributed by atoms with Gasteiger partial charge in [0.1, 0.15) is 5.69 Å². The predicted octanol–water partition coefficient (Wildman–Crippen LogP) is 3.30. The minimum absolute atomic E-state index is 0.122. The van der Waals surface area contributed by atoms with E-state index in [0.29, 0.717) is 16.5 Å². The number of nitrogens with one attached hydrogen (secondary N) is 2. The maximum atomic E-state index is 11.7. The van der Waals surface area contributed by atoms with E-state index < -0.39 is 0 Å². The number of Topliss-reactive ketones (excluding diaryl/α,β-unsaturated/α-hetero) is 1. The molecule has 0 aliphatic carbocycles. The van der Waals surface area contributed by atoms with Crippen LogP contribution in [-0.4, -0.2) is 16.8 Å². The van der Waals surface area contributed by atoms with Crippen LogP contribution in [0.3, 0.4) is 0 Å². The van der Waals surface area contributed by atoms with Crippen molar-refractivity contribution in [2.45, 2.75) is 13.8 Å². The fraction of sp³-hybridized carbons (Fsp3) is 0.154. The number of carbonyl (C=O) groups excluding carboxylic acids is 2. The number of hydrogen-bond donors (Lipinski definition) is 2. The standard InChI is InChI=1S/C13H13N3O2S/c1-8-3-5-10(6-4-8)14-12(18)16-13-15-11(7-19-13)9(2)17/h3-7H,1-2H3,(H2,14,15,16,18). The van der Waals surface area contributed by atoms with Crippen molar-refractivity contribution in [1.82, 2.24) is 4.98 Å². The lowest BCUT2D eigenvalue weighted by Gasteiger charge is -2.05. The molecule has 0 bridgehead atoms. The Balaban J connectivity index is 1.97. The van der Waals surface area contributed by atoms with Crippen LogP contribution in [0.5, 0.6) is 0 Å². The molecule has 0 saturated heterocycles. The summed E-state index contributed by atoms with van der Waals surface area (Å²) in [6.45, 7) is 3.41. The van der Waals surface area contributed by atoms with Crippen LogP contribution >= 0.6 is 11.3 Å². The number of amides is 2. The van der Waals surface area contributed by atoms with Crippen molar-refractivity contribution in [2.75, 3.05) is 10.6 Å². The molecule has 0 saturated carbocycles. The van der Waals surface area contributed by atoms with E-state index in [2.05, 4.69) is 15.6 Å². The third kappa shape index (κ3) is 3.62. The molecular formula is C13H13N3O2S. The first-order valence-corrected chi connectivity index (χ1v) is 6.53. The van der Waals surface area contributed by atoms with E-state index >= 15 is 0 Å². The molecule has 0 radical (unpaired) electrons. The topological polar surface area (TPSA) is 71.1 Å². The van der Waals surface area contributed by atoms with Crippen LogP contribution in [0, 0.1) is 6.92 Å². The van der Waals surface area contributed by atoms with Gasteiger partial charge < -0.3 is 5.32 Å². The Morgan fingerprint density at radius 2 is 1.84 bits per heavy atom. The largest absolute Gasteiger partial charge is 0.325 e. The summed E-state index contributed by atoms with van der Waals surface area (Å²) in [4.78, 5) is 26.8. The van der Waals surface area contributed by atoms with E-state index in [0.717, 1.165) is 5.56 Å². The van der Waals surface area contributed by atoms with Crippen LogP contribution in [0.15, 0.2) is 29.6 Å². The van der Waals surface area contributed by atoms with Crippen molar-refractivity contribution in [1.29, 1.82) is 0 Å². The first-order valence-electron chi connectivity index (χ1n) is 5.66. The minimum Gasteiger partial charge on any atom is -0.308 e. The van der Waals surface area contributed by atoms with Gasteiger partial charge in [0.25, 0.3) is 0 Å². The third-order valence-electron chi connectivity index (χ3n) is 2.39. The fourth-order valence-electron chi connectivity index (χ4n) is 1.39. The molecule has 1 aromatic carbocycles. The van der Waals surface area contributed by atoms with Crippen LogP contribution in [0.25, 0.3) is 0 Å². The van der Waals surface area contributed by atoms with Crippen LogP contribution in [0.2, 0.25) is 0 Å². The van der Waals surface area contributed by atoms with Gasteiger partial charge >= 0.3 is 6.03 Å². The molecule has 1 aromatic heterocycles. The van der Waals surface area contributed by atoms with Gasteiger partial charge in [0.05, 0.1) is 0 Å². The van der Waals surface area contributed by atoms with Gasteiger partial charge in [0.15, 0.2) is 10.9 Å². The highest BCUT2D eigenvalue weighted by atomic mass is 32.1. The van der Waals surface area contributed by atoms with Crippen molar-refractivity contribution in [3.05, 3.63) is 40.9 Å². The Hall–Kier alpha value is -2.21. The third-order valence-corrected chi connectivity index (χ3v) is 3.15. The number of benzene rings is 1. The zero-order valence-corrected chi connectivity index (χ0v) is 11.4. The van der Waals surface area contributed by atoms with Crippen LogP contribution in [0.4, 0.5) is 15.6 Å². The van der Waals surface area contributed by atoms with E-state index in [1.807, 2.05) is 31.2 Å². The summed E-state index contributed by atoms with van der Waals surface area (Å²) < 4.78 is 0. The highest BCUT2D eigenvalue weighted by Crippen LogP contribution is 2.16. The van der Waals surface area contributed by atoms with E-state index in [1.54, 1.807) is 5.38 Å². The summed E-state index contributed by atoms with van der Waals surface area (Å²) in [6, 6.07) is 7.07. The summed E-state index contributed by atoms with van der Waals surface area (Å²) in [6.07, 6.45) is 0. The van der Waals surface area contributed by atoms with Gasteiger partial charge in [0.2, 0.25) is 0 Å². The molecule has 0 unspecified atom stereocenters. The molecule has 2 rings (SSSR count). The van der Waals surface area contributed by atoms with Crippen molar-refractivity contribution in [3.8, 4) is 0 Å². The number of aromatic nitrogens is 1. The van der Waals surface area contributed by atoms with Crippen molar-refractivity contribution in [3.63, 3.8) is 0 Å². The molecule has 0 spiro atoms. The second-order valence-electron chi connectivity index (χ2n) is 4.04. The Morgan fingerprint density at radius 1 is 1.16 bits per heavy atom. The smallest absolute Gasteiger partial charge is 0.308 e. The average Bonchev–Trinajstić information content (AvgIpc) is 2.80. The molecule has 5 nitrogen and oxygen atoms in total. The van der Waals surface area contributed by atoms with Gasteiger partial charge in [-0.25, -0.2) is 9.78 Å². The Labute approximate surface area is 114 Å². The lowest BCUT2D eigenvalue weighted by molar-refractivity contribution is 0.101. The maximum absolute atomic E-state index is 11.7. The second kappa shape index (κ2) is 5.62. The number of carbonyl (C=O) groups is 2. The van der Waals surface area contributed by atoms with Crippen LogP contribution in [0.1, 0.15) is 23.0 Å². The van der Waals surface area contributed by atoms with Gasteiger partial charge in [-0.3, -0.25) is 10.1 Å². The normalized spacial score (nSPS) is 10.0. The molecule has 0 aliphatic rings. The molecule has 1 heterocycles. The van der Waals surface area contributed by atoms with Crippen LogP contribution in [-0.2, 0) is 0 Å². The molecule has 2 aromatic rings. The molecule has 19 heavy (non-hydrogen) atoms. The quantitative estimate of drug-likeness (QED) is 0.844. The number of anilines is 2. The monoisotopic (exact) mass is 275 g/mol. The molecule has 98 valence electrons. The number of nitrogens with zero attached hydrogens (tertiary/aromatic N) is 1. The fourth-order valence-corrected chi connectivity index (χ4v) is 2.13. The molecule has 2 N–H and O–H groups in total. The summed E-state index contributed by atoms with van der Waals surface area (Å²) in [5.74, 6) is -0.122. The number of rotatable bonds is 3. The van der Waals surface area contributed by atoms with Gasteiger partial charge in [-0.15, -0.1) is 11.3 Å². The number of hydrogen-bond acceptors (Lipinski definition) is 4. The van der Waals surface area contributed by atoms with Crippen molar-refractivity contribution >= 4 is 34.0 Å². The SMILES string of the molecule is CC(=O)c1csc(NC(=O)Nc2ccc(C)cc2)n1. The van der Waals surface area contributed by atoms with Gasteiger partial charge in [-0.05, 0) is 19.1 Å². The average molecular weight is 275 g/mol. The molecule has 0 aliphatic heterocycles. The Morgan fingerprint density at radius 3 is 2.42 bits per heavy atom. The molecular weight excluding hydrogens is 262 g/mol.